The zero-order valence-electron chi connectivity index (χ0n) is 13.1. The van der Waals surface area contributed by atoms with Gasteiger partial charge in [0.2, 0.25) is 15.9 Å². The largest absolute Gasteiger partial charge is 0.352 e. The lowest BCUT2D eigenvalue weighted by Gasteiger charge is -2.17. The number of carbonyl (C=O) groups is 1. The van der Waals surface area contributed by atoms with Crippen molar-refractivity contribution in [1.82, 2.24) is 5.32 Å². The molecule has 2 atom stereocenters. The van der Waals surface area contributed by atoms with Gasteiger partial charge in [-0.3, -0.25) is 9.52 Å². The van der Waals surface area contributed by atoms with Crippen LogP contribution in [0.3, 0.4) is 0 Å². The van der Waals surface area contributed by atoms with E-state index < -0.39 is 10.0 Å². The van der Waals surface area contributed by atoms with Crippen molar-refractivity contribution in [2.75, 3.05) is 17.5 Å². The van der Waals surface area contributed by atoms with Crippen molar-refractivity contribution >= 4 is 34.0 Å². The fourth-order valence-corrected chi connectivity index (χ4v) is 3.50. The van der Waals surface area contributed by atoms with E-state index in [1.807, 2.05) is 6.07 Å². The monoisotopic (exact) mass is 361 g/mol. The van der Waals surface area contributed by atoms with E-state index in [4.69, 9.17) is 5.73 Å². The van der Waals surface area contributed by atoms with Gasteiger partial charge in [0.25, 0.3) is 0 Å². The first kappa shape index (κ1) is 19.7. The smallest absolute Gasteiger partial charge is 0.229 e. The second-order valence-electron chi connectivity index (χ2n) is 5.83. The molecule has 0 saturated heterocycles. The lowest BCUT2D eigenvalue weighted by Crippen LogP contribution is -2.34. The Morgan fingerprint density at radius 1 is 1.35 bits per heavy atom. The lowest BCUT2D eigenvalue weighted by molar-refractivity contribution is -0.126. The standard InChI is InChI=1S/C15H23N3O3S.ClH/c1-22(20,21)18-13-6-2-4-11(8-13)10-17-15(19)14-7-3-5-12(14)9-16;/h2,4,6,8,12,14,18H,3,5,7,9-10,16H2,1H3,(H,17,19);1H/t12-,14-;/m1./s1. The third-order valence-electron chi connectivity index (χ3n) is 4.00. The molecule has 1 saturated carbocycles. The number of nitrogens with two attached hydrogens (primary N) is 1. The highest BCUT2D eigenvalue weighted by atomic mass is 35.5. The number of anilines is 1. The van der Waals surface area contributed by atoms with Gasteiger partial charge in [0.05, 0.1) is 6.26 Å². The number of sulfonamides is 1. The van der Waals surface area contributed by atoms with Crippen molar-refractivity contribution in [3.63, 3.8) is 0 Å². The molecule has 4 N–H and O–H groups in total. The quantitative estimate of drug-likeness (QED) is 0.714. The molecule has 1 aliphatic carbocycles. The van der Waals surface area contributed by atoms with Crippen molar-refractivity contribution < 1.29 is 13.2 Å². The van der Waals surface area contributed by atoms with Gasteiger partial charge in [0, 0.05) is 18.2 Å². The molecule has 0 aliphatic heterocycles. The van der Waals surface area contributed by atoms with E-state index in [0.717, 1.165) is 31.1 Å². The third-order valence-corrected chi connectivity index (χ3v) is 4.60. The van der Waals surface area contributed by atoms with Gasteiger partial charge in [-0.1, -0.05) is 18.6 Å². The highest BCUT2D eigenvalue weighted by Crippen LogP contribution is 2.31. The molecule has 0 radical (unpaired) electrons. The minimum absolute atomic E-state index is 0. The van der Waals surface area contributed by atoms with Crippen molar-refractivity contribution in [2.24, 2.45) is 17.6 Å². The Kier molecular flexibility index (Phi) is 7.31. The van der Waals surface area contributed by atoms with Gasteiger partial charge in [-0.25, -0.2) is 8.42 Å². The average molecular weight is 362 g/mol. The van der Waals surface area contributed by atoms with Crippen LogP contribution in [0.5, 0.6) is 0 Å². The molecule has 1 aromatic carbocycles. The van der Waals surface area contributed by atoms with Crippen molar-refractivity contribution in [3.05, 3.63) is 29.8 Å². The van der Waals surface area contributed by atoms with Gasteiger partial charge in [-0.05, 0) is 43.0 Å². The van der Waals surface area contributed by atoms with Crippen LogP contribution in [0, 0.1) is 11.8 Å². The molecule has 0 aromatic heterocycles. The van der Waals surface area contributed by atoms with Gasteiger partial charge in [0.15, 0.2) is 0 Å². The van der Waals surface area contributed by atoms with E-state index in [0.29, 0.717) is 18.8 Å². The van der Waals surface area contributed by atoms with Gasteiger partial charge >= 0.3 is 0 Å². The van der Waals surface area contributed by atoms with Crippen LogP contribution in [0.15, 0.2) is 24.3 Å². The molecule has 2 rings (SSSR count). The summed E-state index contributed by atoms with van der Waals surface area (Å²) in [5.41, 5.74) is 7.05. The Morgan fingerprint density at radius 3 is 2.74 bits per heavy atom. The summed E-state index contributed by atoms with van der Waals surface area (Å²) in [4.78, 5) is 12.2. The summed E-state index contributed by atoms with van der Waals surface area (Å²) in [5, 5.41) is 2.92. The normalized spacial score (nSPS) is 20.6. The maximum absolute atomic E-state index is 12.2. The predicted molar refractivity (Wildman–Crippen MR) is 93.9 cm³/mol. The Morgan fingerprint density at radius 2 is 2.09 bits per heavy atom. The SMILES string of the molecule is CS(=O)(=O)Nc1cccc(CNC(=O)[C@@H]2CCC[C@@H]2CN)c1.Cl. The van der Waals surface area contributed by atoms with Crippen LogP contribution in [0.1, 0.15) is 24.8 Å². The van der Waals surface area contributed by atoms with Gasteiger partial charge in [-0.2, -0.15) is 0 Å². The number of hydrogen-bond donors (Lipinski definition) is 3. The maximum atomic E-state index is 12.2. The predicted octanol–water partition coefficient (Wildman–Crippen LogP) is 1.47. The Balaban J connectivity index is 0.00000264. The van der Waals surface area contributed by atoms with Gasteiger partial charge < -0.3 is 11.1 Å². The molecular weight excluding hydrogens is 338 g/mol. The van der Waals surface area contributed by atoms with Crippen LogP contribution in [0.2, 0.25) is 0 Å². The van der Waals surface area contributed by atoms with Crippen LogP contribution in [0.4, 0.5) is 5.69 Å². The lowest BCUT2D eigenvalue weighted by atomic mass is 9.95. The molecule has 1 aromatic rings. The van der Waals surface area contributed by atoms with Crippen LogP contribution in [-0.2, 0) is 21.4 Å². The van der Waals surface area contributed by atoms with E-state index in [1.165, 1.54) is 0 Å². The number of halogens is 1. The fourth-order valence-electron chi connectivity index (χ4n) is 2.94. The summed E-state index contributed by atoms with van der Waals surface area (Å²) in [6.45, 7) is 0.928. The maximum Gasteiger partial charge on any atom is 0.229 e. The summed E-state index contributed by atoms with van der Waals surface area (Å²) >= 11 is 0. The third kappa shape index (κ3) is 6.01. The summed E-state index contributed by atoms with van der Waals surface area (Å²) in [6.07, 6.45) is 4.06. The zero-order chi connectivity index (χ0) is 16.2. The van der Waals surface area contributed by atoms with Crippen LogP contribution >= 0.6 is 12.4 Å². The minimum Gasteiger partial charge on any atom is -0.352 e. The minimum atomic E-state index is -3.30. The Labute approximate surface area is 143 Å². The molecule has 130 valence electrons. The van der Waals surface area contributed by atoms with Crippen molar-refractivity contribution in [3.8, 4) is 0 Å². The average Bonchev–Trinajstić information content (AvgIpc) is 2.92. The van der Waals surface area contributed by atoms with Crippen LogP contribution in [-0.4, -0.2) is 27.1 Å². The second kappa shape index (κ2) is 8.52. The van der Waals surface area contributed by atoms with Gasteiger partial charge in [0.1, 0.15) is 0 Å². The fraction of sp³-hybridized carbons (Fsp3) is 0.533. The first-order valence-electron chi connectivity index (χ1n) is 7.43. The number of nitrogens with one attached hydrogen (secondary N) is 2. The molecule has 8 heteroatoms. The first-order valence-corrected chi connectivity index (χ1v) is 9.32. The molecule has 1 aliphatic rings. The molecule has 0 heterocycles. The van der Waals surface area contributed by atoms with E-state index in [-0.39, 0.29) is 30.2 Å². The molecular formula is C15H24ClN3O3S. The first-order chi connectivity index (χ1) is 10.4. The second-order valence-corrected chi connectivity index (χ2v) is 7.57. The number of amides is 1. The van der Waals surface area contributed by atoms with E-state index in [1.54, 1.807) is 18.2 Å². The molecule has 6 nitrogen and oxygen atoms in total. The Bertz CT molecular complexity index is 637. The number of rotatable bonds is 6. The number of hydrogen-bond acceptors (Lipinski definition) is 4. The van der Waals surface area contributed by atoms with Crippen molar-refractivity contribution in [2.45, 2.75) is 25.8 Å². The van der Waals surface area contributed by atoms with Crippen molar-refractivity contribution in [1.29, 1.82) is 0 Å². The summed E-state index contributed by atoms with van der Waals surface area (Å²) in [5.74, 6) is 0.315. The van der Waals surface area contributed by atoms with Crippen LogP contribution in [0.25, 0.3) is 0 Å². The molecule has 0 spiro atoms. The molecule has 0 bridgehead atoms. The van der Waals surface area contributed by atoms with E-state index in [2.05, 4.69) is 10.0 Å². The number of carbonyl (C=O) groups excluding carboxylic acids is 1. The summed E-state index contributed by atoms with van der Waals surface area (Å²) < 4.78 is 24.9. The summed E-state index contributed by atoms with van der Waals surface area (Å²) in [7, 11) is -3.30. The van der Waals surface area contributed by atoms with E-state index in [9.17, 15) is 13.2 Å². The van der Waals surface area contributed by atoms with Gasteiger partial charge in [-0.15, -0.1) is 12.4 Å². The molecule has 1 amide bonds. The molecule has 23 heavy (non-hydrogen) atoms. The Hall–Kier alpha value is -1.31. The highest BCUT2D eigenvalue weighted by molar-refractivity contribution is 7.92. The topological polar surface area (TPSA) is 101 Å². The molecule has 1 fully saturated rings. The summed E-state index contributed by atoms with van der Waals surface area (Å²) in [6, 6.07) is 7.00. The van der Waals surface area contributed by atoms with E-state index >= 15 is 0 Å². The number of benzene rings is 1. The van der Waals surface area contributed by atoms with Crippen LogP contribution < -0.4 is 15.8 Å². The zero-order valence-corrected chi connectivity index (χ0v) is 14.8. The molecule has 0 unspecified atom stereocenters. The highest BCUT2D eigenvalue weighted by Gasteiger charge is 2.31.